The summed E-state index contributed by atoms with van der Waals surface area (Å²) in [7, 11) is 0. The van der Waals surface area contributed by atoms with Crippen molar-refractivity contribution < 1.29 is 14.4 Å². The molecule has 20 heavy (non-hydrogen) atoms. The Bertz CT molecular complexity index is 486. The minimum Gasteiger partial charge on any atom is -0.386 e. The molecule has 0 aliphatic heterocycles. The zero-order chi connectivity index (χ0) is 14.8. The summed E-state index contributed by atoms with van der Waals surface area (Å²) in [4.78, 5) is 27.3. The first-order valence-electron chi connectivity index (χ1n) is 6.42. The number of amides is 3. The average molecular weight is 277 g/mol. The van der Waals surface area contributed by atoms with Gasteiger partial charge in [-0.3, -0.25) is 10.1 Å². The van der Waals surface area contributed by atoms with E-state index in [0.29, 0.717) is 6.54 Å². The first-order chi connectivity index (χ1) is 9.63. The van der Waals surface area contributed by atoms with Crippen molar-refractivity contribution in [2.45, 2.75) is 20.3 Å². The Hall–Kier alpha value is -2.37. The first kappa shape index (κ1) is 15.7. The lowest BCUT2D eigenvalue weighted by Gasteiger charge is -2.04. The maximum Gasteiger partial charge on any atom is 0.321 e. The maximum absolute atomic E-state index is 11.3. The van der Waals surface area contributed by atoms with Gasteiger partial charge in [-0.1, -0.05) is 36.3 Å². The molecule has 1 rings (SSSR count). The van der Waals surface area contributed by atoms with Crippen molar-refractivity contribution in [2.75, 3.05) is 13.2 Å². The van der Waals surface area contributed by atoms with Gasteiger partial charge in [0.1, 0.15) is 0 Å². The number of carbonyl (C=O) groups is 2. The molecule has 0 aliphatic rings. The monoisotopic (exact) mass is 277 g/mol. The van der Waals surface area contributed by atoms with Crippen molar-refractivity contribution in [3.05, 3.63) is 35.4 Å². The Morgan fingerprint density at radius 1 is 1.35 bits per heavy atom. The number of benzene rings is 1. The topological polar surface area (TPSA) is 79.8 Å². The number of aryl methyl sites for hydroxylation is 1. The SMILES string of the molecule is CCCNC(=O)NC(=O)CO/N=C\c1ccccc1C. The van der Waals surface area contributed by atoms with Crippen LogP contribution >= 0.6 is 0 Å². The van der Waals surface area contributed by atoms with Crippen LogP contribution in [-0.4, -0.2) is 31.3 Å². The van der Waals surface area contributed by atoms with Crippen molar-refractivity contribution in [3.8, 4) is 0 Å². The summed E-state index contributed by atoms with van der Waals surface area (Å²) in [5, 5.41) is 8.35. The number of nitrogens with one attached hydrogen (secondary N) is 2. The number of urea groups is 1. The third-order valence-electron chi connectivity index (χ3n) is 2.44. The maximum atomic E-state index is 11.3. The lowest BCUT2D eigenvalue weighted by atomic mass is 10.1. The minimum atomic E-state index is -0.541. The van der Waals surface area contributed by atoms with Crippen molar-refractivity contribution >= 4 is 18.2 Å². The molecule has 0 radical (unpaired) electrons. The summed E-state index contributed by atoms with van der Waals surface area (Å²) < 4.78 is 0. The van der Waals surface area contributed by atoms with E-state index in [-0.39, 0.29) is 6.61 Å². The molecule has 0 aromatic heterocycles. The van der Waals surface area contributed by atoms with E-state index in [1.165, 1.54) is 6.21 Å². The molecule has 0 fully saturated rings. The molecule has 0 heterocycles. The molecule has 0 aliphatic carbocycles. The molecule has 0 bridgehead atoms. The van der Waals surface area contributed by atoms with Crippen molar-refractivity contribution in [1.29, 1.82) is 0 Å². The highest BCUT2D eigenvalue weighted by Crippen LogP contribution is 2.03. The Morgan fingerprint density at radius 2 is 2.10 bits per heavy atom. The fourth-order valence-electron chi connectivity index (χ4n) is 1.37. The number of hydrogen-bond acceptors (Lipinski definition) is 4. The Balaban J connectivity index is 2.28. The van der Waals surface area contributed by atoms with Gasteiger partial charge in [-0.05, 0) is 24.5 Å². The number of hydrogen-bond donors (Lipinski definition) is 2. The molecule has 6 nitrogen and oxygen atoms in total. The van der Waals surface area contributed by atoms with Gasteiger partial charge in [-0.2, -0.15) is 0 Å². The molecule has 3 amide bonds. The van der Waals surface area contributed by atoms with Gasteiger partial charge in [0, 0.05) is 6.54 Å². The van der Waals surface area contributed by atoms with Crippen LogP contribution in [-0.2, 0) is 9.63 Å². The van der Waals surface area contributed by atoms with Gasteiger partial charge in [-0.15, -0.1) is 0 Å². The minimum absolute atomic E-state index is 0.304. The number of rotatable bonds is 6. The van der Waals surface area contributed by atoms with E-state index >= 15 is 0 Å². The van der Waals surface area contributed by atoms with Gasteiger partial charge in [0.15, 0.2) is 6.61 Å². The smallest absolute Gasteiger partial charge is 0.321 e. The van der Waals surface area contributed by atoms with E-state index in [1.54, 1.807) is 0 Å². The van der Waals surface area contributed by atoms with Gasteiger partial charge in [0.2, 0.25) is 0 Å². The van der Waals surface area contributed by atoms with E-state index in [2.05, 4.69) is 15.8 Å². The number of carbonyl (C=O) groups excluding carboxylic acids is 2. The average Bonchev–Trinajstić information content (AvgIpc) is 2.43. The molecule has 0 saturated heterocycles. The predicted molar refractivity (Wildman–Crippen MR) is 76.6 cm³/mol. The molecule has 0 spiro atoms. The summed E-state index contributed by atoms with van der Waals surface area (Å²) in [5.41, 5.74) is 1.97. The zero-order valence-electron chi connectivity index (χ0n) is 11.7. The third-order valence-corrected chi connectivity index (χ3v) is 2.44. The van der Waals surface area contributed by atoms with E-state index in [1.807, 2.05) is 38.1 Å². The standard InChI is InChI=1S/C14H19N3O3/c1-3-8-15-14(19)17-13(18)10-20-16-9-12-7-5-4-6-11(12)2/h4-7,9H,3,8,10H2,1-2H3,(H2,15,17,18,19)/b16-9-. The summed E-state index contributed by atoms with van der Waals surface area (Å²) in [6.07, 6.45) is 2.33. The molecular formula is C14H19N3O3. The Kier molecular flexibility index (Phi) is 6.81. The van der Waals surface area contributed by atoms with Gasteiger partial charge in [0.25, 0.3) is 5.91 Å². The molecule has 0 saturated carbocycles. The second-order valence-corrected chi connectivity index (χ2v) is 4.17. The molecular weight excluding hydrogens is 258 g/mol. The van der Waals surface area contributed by atoms with Gasteiger partial charge < -0.3 is 10.2 Å². The normalized spacial score (nSPS) is 10.3. The summed E-state index contributed by atoms with van der Waals surface area (Å²) in [6.45, 7) is 4.09. The van der Waals surface area contributed by atoms with Gasteiger partial charge in [0.05, 0.1) is 6.21 Å². The van der Waals surface area contributed by atoms with Gasteiger partial charge >= 0.3 is 6.03 Å². The third kappa shape index (κ3) is 5.99. The van der Waals surface area contributed by atoms with Crippen LogP contribution < -0.4 is 10.6 Å². The van der Waals surface area contributed by atoms with E-state index in [4.69, 9.17) is 4.84 Å². The summed E-state index contributed by atoms with van der Waals surface area (Å²) >= 11 is 0. The van der Waals surface area contributed by atoms with Crippen LogP contribution in [0.15, 0.2) is 29.4 Å². The highest BCUT2D eigenvalue weighted by molar-refractivity contribution is 5.94. The second-order valence-electron chi connectivity index (χ2n) is 4.17. The Labute approximate surface area is 118 Å². The van der Waals surface area contributed by atoms with E-state index in [0.717, 1.165) is 17.5 Å². The highest BCUT2D eigenvalue weighted by Gasteiger charge is 2.06. The van der Waals surface area contributed by atoms with Crippen LogP contribution in [0.5, 0.6) is 0 Å². The molecule has 1 aromatic rings. The zero-order valence-corrected chi connectivity index (χ0v) is 11.7. The van der Waals surface area contributed by atoms with Crippen LogP contribution in [0.1, 0.15) is 24.5 Å². The number of oxime groups is 1. The molecule has 6 heteroatoms. The van der Waals surface area contributed by atoms with E-state index in [9.17, 15) is 9.59 Å². The fourth-order valence-corrected chi connectivity index (χ4v) is 1.37. The Morgan fingerprint density at radius 3 is 2.80 bits per heavy atom. The summed E-state index contributed by atoms with van der Waals surface area (Å²) in [6, 6.07) is 7.13. The number of nitrogens with zero attached hydrogens (tertiary/aromatic N) is 1. The highest BCUT2D eigenvalue weighted by atomic mass is 16.6. The predicted octanol–water partition coefficient (Wildman–Crippen LogP) is 1.58. The molecule has 1 aromatic carbocycles. The lowest BCUT2D eigenvalue weighted by Crippen LogP contribution is -2.41. The fraction of sp³-hybridized carbons (Fsp3) is 0.357. The van der Waals surface area contributed by atoms with Crippen LogP contribution in [0.3, 0.4) is 0 Å². The van der Waals surface area contributed by atoms with Crippen molar-refractivity contribution in [2.24, 2.45) is 5.16 Å². The number of imide groups is 1. The van der Waals surface area contributed by atoms with Crippen molar-refractivity contribution in [1.82, 2.24) is 10.6 Å². The van der Waals surface area contributed by atoms with Crippen LogP contribution in [0, 0.1) is 6.92 Å². The molecule has 2 N–H and O–H groups in total. The second kappa shape index (κ2) is 8.68. The largest absolute Gasteiger partial charge is 0.386 e. The van der Waals surface area contributed by atoms with Gasteiger partial charge in [-0.25, -0.2) is 4.79 Å². The quantitative estimate of drug-likeness (QED) is 0.612. The van der Waals surface area contributed by atoms with Crippen LogP contribution in [0.25, 0.3) is 0 Å². The molecule has 0 unspecified atom stereocenters. The van der Waals surface area contributed by atoms with Crippen LogP contribution in [0.4, 0.5) is 4.79 Å². The van der Waals surface area contributed by atoms with Crippen LogP contribution in [0.2, 0.25) is 0 Å². The van der Waals surface area contributed by atoms with Crippen molar-refractivity contribution in [3.63, 3.8) is 0 Å². The first-order valence-corrected chi connectivity index (χ1v) is 6.42. The van der Waals surface area contributed by atoms with E-state index < -0.39 is 11.9 Å². The molecule has 108 valence electrons. The lowest BCUT2D eigenvalue weighted by molar-refractivity contribution is -0.124. The summed E-state index contributed by atoms with van der Waals surface area (Å²) in [5.74, 6) is -0.541. The molecule has 0 atom stereocenters.